The lowest BCUT2D eigenvalue weighted by molar-refractivity contribution is 0.192. The first kappa shape index (κ1) is 16.3. The summed E-state index contributed by atoms with van der Waals surface area (Å²) in [7, 11) is -4.94. The molecule has 2 aliphatic heterocycles. The molecule has 0 saturated carbocycles. The van der Waals surface area contributed by atoms with Crippen LogP contribution in [-0.4, -0.2) is 58.1 Å². The quantitative estimate of drug-likeness (QED) is 0.822. The fourth-order valence-corrected chi connectivity index (χ4v) is 6.58. The second kappa shape index (κ2) is 5.48. The summed E-state index contributed by atoms with van der Waals surface area (Å²) < 4.78 is 47.3. The van der Waals surface area contributed by atoms with Gasteiger partial charge in [0.1, 0.15) is 0 Å². The highest BCUT2D eigenvalue weighted by molar-refractivity contribution is 7.92. The van der Waals surface area contributed by atoms with Crippen molar-refractivity contribution >= 4 is 25.7 Å². The predicted octanol–water partition coefficient (Wildman–Crippen LogP) is 0.344. The molecule has 1 N–H and O–H groups in total. The van der Waals surface area contributed by atoms with Crippen molar-refractivity contribution in [3.05, 3.63) is 29.8 Å². The van der Waals surface area contributed by atoms with Crippen molar-refractivity contribution in [3.63, 3.8) is 0 Å². The third-order valence-electron chi connectivity index (χ3n) is 4.39. The molecule has 23 heavy (non-hydrogen) atoms. The monoisotopic (exact) mass is 358 g/mol. The highest BCUT2D eigenvalue weighted by Crippen LogP contribution is 2.33. The van der Waals surface area contributed by atoms with Crippen molar-refractivity contribution in [2.75, 3.05) is 24.3 Å². The maximum Gasteiger partial charge on any atom is 0.317 e. The van der Waals surface area contributed by atoms with E-state index in [0.717, 1.165) is 0 Å². The average Bonchev–Trinajstić information content (AvgIpc) is 2.96. The van der Waals surface area contributed by atoms with Crippen LogP contribution >= 0.6 is 0 Å². The summed E-state index contributed by atoms with van der Waals surface area (Å²) in [6.07, 6.45) is 0.409. The molecular weight excluding hydrogens is 340 g/mol. The van der Waals surface area contributed by atoms with Gasteiger partial charge >= 0.3 is 6.03 Å². The molecule has 9 heteroatoms. The zero-order valence-electron chi connectivity index (χ0n) is 12.6. The molecule has 0 aliphatic carbocycles. The number of hydrogen-bond donors (Lipinski definition) is 1. The molecule has 1 aromatic carbocycles. The SMILES string of the molecule is CN(C(=O)NC1CS(=O)(=O)c2ccccc21)C1CCS(=O)(=O)C1. The topological polar surface area (TPSA) is 101 Å². The molecule has 2 amide bonds. The molecular formula is C14H18N2O5S2. The molecule has 0 bridgehead atoms. The largest absolute Gasteiger partial charge is 0.330 e. The van der Waals surface area contributed by atoms with Crippen molar-refractivity contribution in [1.29, 1.82) is 0 Å². The van der Waals surface area contributed by atoms with Crippen LogP contribution in [0.4, 0.5) is 4.79 Å². The van der Waals surface area contributed by atoms with Gasteiger partial charge in [0, 0.05) is 13.1 Å². The number of benzene rings is 1. The number of urea groups is 1. The minimum absolute atomic E-state index is 0.0452. The van der Waals surface area contributed by atoms with E-state index in [0.29, 0.717) is 12.0 Å². The number of fused-ring (bicyclic) bond motifs is 1. The van der Waals surface area contributed by atoms with Crippen LogP contribution in [0.1, 0.15) is 18.0 Å². The second-order valence-corrected chi connectivity index (χ2v) is 10.2. The highest BCUT2D eigenvalue weighted by atomic mass is 32.2. The molecule has 0 spiro atoms. The summed E-state index contributed by atoms with van der Waals surface area (Å²) in [6, 6.07) is 5.17. The standard InChI is InChI=1S/C14H18N2O5S2/c1-16(10-6-7-22(18,19)8-10)14(17)15-12-9-23(20,21)13-5-3-2-4-11(12)13/h2-5,10,12H,6-9H2,1H3,(H,15,17). The minimum Gasteiger partial charge on any atom is -0.330 e. The normalized spacial score (nSPS) is 27.3. The van der Waals surface area contributed by atoms with E-state index in [1.54, 1.807) is 18.2 Å². The lowest BCUT2D eigenvalue weighted by Gasteiger charge is -2.25. The third-order valence-corrected chi connectivity index (χ3v) is 7.95. The lowest BCUT2D eigenvalue weighted by atomic mass is 10.1. The summed E-state index contributed by atoms with van der Waals surface area (Å²) in [5.74, 6) is -0.138. The highest BCUT2D eigenvalue weighted by Gasteiger charge is 2.37. The molecule has 0 radical (unpaired) electrons. The van der Waals surface area contributed by atoms with E-state index < -0.39 is 31.7 Å². The zero-order chi connectivity index (χ0) is 16.8. The van der Waals surface area contributed by atoms with E-state index >= 15 is 0 Å². The fourth-order valence-electron chi connectivity index (χ4n) is 3.07. The zero-order valence-corrected chi connectivity index (χ0v) is 14.2. The Kier molecular flexibility index (Phi) is 3.88. The van der Waals surface area contributed by atoms with Crippen molar-refractivity contribution in [2.24, 2.45) is 0 Å². The van der Waals surface area contributed by atoms with Crippen LogP contribution in [0.3, 0.4) is 0 Å². The van der Waals surface area contributed by atoms with Gasteiger partial charge in [0.05, 0.1) is 28.2 Å². The fraction of sp³-hybridized carbons (Fsp3) is 0.500. The summed E-state index contributed by atoms with van der Waals surface area (Å²) in [6.45, 7) is 0. The van der Waals surface area contributed by atoms with E-state index in [4.69, 9.17) is 0 Å². The van der Waals surface area contributed by atoms with Gasteiger partial charge in [-0.05, 0) is 18.1 Å². The molecule has 2 aliphatic rings. The molecule has 1 aromatic rings. The molecule has 2 atom stereocenters. The Morgan fingerprint density at radius 1 is 1.17 bits per heavy atom. The van der Waals surface area contributed by atoms with Gasteiger partial charge in [0.2, 0.25) is 0 Å². The van der Waals surface area contributed by atoms with Gasteiger partial charge in [-0.1, -0.05) is 18.2 Å². The maximum absolute atomic E-state index is 12.3. The second-order valence-electron chi connectivity index (χ2n) is 5.99. The number of hydrogen-bond acceptors (Lipinski definition) is 5. The molecule has 126 valence electrons. The molecule has 0 aromatic heterocycles. The number of nitrogens with zero attached hydrogens (tertiary/aromatic N) is 1. The Bertz CT molecular complexity index is 848. The van der Waals surface area contributed by atoms with Crippen LogP contribution in [0, 0.1) is 0 Å². The maximum atomic E-state index is 12.3. The summed E-state index contributed by atoms with van der Waals surface area (Å²) in [5.41, 5.74) is 0.577. The third kappa shape index (κ3) is 3.07. The smallest absolute Gasteiger partial charge is 0.317 e. The van der Waals surface area contributed by atoms with Crippen LogP contribution in [0.5, 0.6) is 0 Å². The van der Waals surface area contributed by atoms with Crippen LogP contribution in [-0.2, 0) is 19.7 Å². The van der Waals surface area contributed by atoms with Crippen molar-refractivity contribution in [3.8, 4) is 0 Å². The Labute approximate surface area is 135 Å². The Balaban J connectivity index is 1.74. The summed E-state index contributed by atoms with van der Waals surface area (Å²) in [4.78, 5) is 13.9. The Morgan fingerprint density at radius 2 is 1.87 bits per heavy atom. The first-order valence-electron chi connectivity index (χ1n) is 7.25. The number of nitrogens with one attached hydrogen (secondary N) is 1. The minimum atomic E-state index is -3.39. The molecule has 3 rings (SSSR count). The number of carbonyl (C=O) groups is 1. The molecule has 2 heterocycles. The van der Waals surface area contributed by atoms with Gasteiger partial charge in [0.25, 0.3) is 0 Å². The van der Waals surface area contributed by atoms with Crippen LogP contribution in [0.2, 0.25) is 0 Å². The van der Waals surface area contributed by atoms with Gasteiger partial charge in [0.15, 0.2) is 19.7 Å². The van der Waals surface area contributed by atoms with Gasteiger partial charge < -0.3 is 10.2 Å². The van der Waals surface area contributed by atoms with Crippen LogP contribution in [0.25, 0.3) is 0 Å². The van der Waals surface area contributed by atoms with Gasteiger partial charge in [-0.2, -0.15) is 0 Å². The number of amides is 2. The average molecular weight is 358 g/mol. The molecule has 2 unspecified atom stereocenters. The van der Waals surface area contributed by atoms with Crippen molar-refractivity contribution in [2.45, 2.75) is 23.4 Å². The first-order valence-corrected chi connectivity index (χ1v) is 10.7. The molecule has 1 saturated heterocycles. The molecule has 1 fully saturated rings. The number of rotatable bonds is 2. The first-order chi connectivity index (χ1) is 10.7. The van der Waals surface area contributed by atoms with Crippen LogP contribution < -0.4 is 5.32 Å². The van der Waals surface area contributed by atoms with E-state index in [2.05, 4.69) is 5.32 Å². The van der Waals surface area contributed by atoms with Crippen molar-refractivity contribution < 1.29 is 21.6 Å². The number of carbonyl (C=O) groups excluding carboxylic acids is 1. The lowest BCUT2D eigenvalue weighted by Crippen LogP contribution is -2.45. The van der Waals surface area contributed by atoms with E-state index in [-0.39, 0.29) is 28.2 Å². The van der Waals surface area contributed by atoms with E-state index in [1.165, 1.54) is 18.0 Å². The van der Waals surface area contributed by atoms with E-state index in [1.807, 2.05) is 0 Å². The predicted molar refractivity (Wildman–Crippen MR) is 84.6 cm³/mol. The summed E-state index contributed by atoms with van der Waals surface area (Å²) in [5, 5.41) is 2.71. The Hall–Kier alpha value is -1.61. The molecule has 7 nitrogen and oxygen atoms in total. The van der Waals surface area contributed by atoms with Gasteiger partial charge in [-0.25, -0.2) is 21.6 Å². The Morgan fingerprint density at radius 3 is 2.52 bits per heavy atom. The van der Waals surface area contributed by atoms with Crippen LogP contribution in [0.15, 0.2) is 29.2 Å². The van der Waals surface area contributed by atoms with Gasteiger partial charge in [-0.3, -0.25) is 0 Å². The number of sulfone groups is 2. The van der Waals surface area contributed by atoms with Crippen molar-refractivity contribution in [1.82, 2.24) is 10.2 Å². The van der Waals surface area contributed by atoms with E-state index in [9.17, 15) is 21.6 Å². The summed E-state index contributed by atoms with van der Waals surface area (Å²) >= 11 is 0. The van der Waals surface area contributed by atoms with Gasteiger partial charge in [-0.15, -0.1) is 0 Å².